The van der Waals surface area contributed by atoms with Crippen molar-refractivity contribution in [1.29, 1.82) is 0 Å². The average Bonchev–Trinajstić information content (AvgIpc) is 3.23. The minimum absolute atomic E-state index is 0.107. The van der Waals surface area contributed by atoms with Gasteiger partial charge in [0.15, 0.2) is 5.82 Å². The maximum atomic E-state index is 12.9. The second-order valence-corrected chi connectivity index (χ2v) is 5.75. The van der Waals surface area contributed by atoms with Crippen LogP contribution in [0.15, 0.2) is 36.5 Å². The molecule has 0 radical (unpaired) electrons. The number of pyridine rings is 1. The Balaban J connectivity index is 1.71. The van der Waals surface area contributed by atoms with E-state index < -0.39 is 11.7 Å². The molecule has 1 amide bonds. The van der Waals surface area contributed by atoms with Crippen molar-refractivity contribution < 1.29 is 18.0 Å². The van der Waals surface area contributed by atoms with E-state index in [1.54, 1.807) is 12.1 Å². The number of carbonyl (C=O) groups is 1. The Bertz CT molecular complexity index is 970. The Kier molecular flexibility index (Phi) is 3.67. The van der Waals surface area contributed by atoms with Gasteiger partial charge in [-0.1, -0.05) is 17.3 Å². The molecule has 7 nitrogen and oxygen atoms in total. The molecule has 3 heterocycles. The fourth-order valence-electron chi connectivity index (χ4n) is 2.82. The molecule has 0 bridgehead atoms. The lowest BCUT2D eigenvalue weighted by Gasteiger charge is -2.16. The monoisotopic (exact) mass is 360 g/mol. The first-order valence-corrected chi connectivity index (χ1v) is 7.61. The molecule has 3 aromatic rings. The standard InChI is InChI=1S/C16H11F3N6O/c17-16(18,19)11-3-1-2-9(4-11)10-5-13-12(20-7-10)6-15(26)25(13)8-14-21-23-24-22-14/h1-5,7H,6,8H2,(H,21,22,23,24). The van der Waals surface area contributed by atoms with Gasteiger partial charge in [-0.3, -0.25) is 9.78 Å². The summed E-state index contributed by atoms with van der Waals surface area (Å²) in [7, 11) is 0. The first kappa shape index (κ1) is 16.2. The van der Waals surface area contributed by atoms with Crippen molar-refractivity contribution in [3.63, 3.8) is 0 Å². The zero-order valence-corrected chi connectivity index (χ0v) is 13.2. The zero-order valence-electron chi connectivity index (χ0n) is 13.2. The number of hydrogen-bond donors (Lipinski definition) is 1. The minimum atomic E-state index is -4.43. The highest BCUT2D eigenvalue weighted by atomic mass is 19.4. The molecule has 0 saturated carbocycles. The SMILES string of the molecule is O=C1Cc2ncc(-c3cccc(C(F)(F)F)c3)cc2N1Cc1nn[nH]n1. The van der Waals surface area contributed by atoms with Crippen LogP contribution in [-0.4, -0.2) is 31.5 Å². The highest BCUT2D eigenvalue weighted by molar-refractivity contribution is 6.01. The van der Waals surface area contributed by atoms with E-state index in [4.69, 9.17) is 0 Å². The maximum Gasteiger partial charge on any atom is 0.416 e. The number of aromatic amines is 1. The topological polar surface area (TPSA) is 87.7 Å². The summed E-state index contributed by atoms with van der Waals surface area (Å²) in [6.07, 6.45) is -2.84. The Morgan fingerprint density at radius 2 is 2.04 bits per heavy atom. The van der Waals surface area contributed by atoms with E-state index in [0.717, 1.165) is 12.1 Å². The summed E-state index contributed by atoms with van der Waals surface area (Å²) in [5.41, 5.74) is 1.22. The summed E-state index contributed by atoms with van der Waals surface area (Å²) in [4.78, 5) is 17.9. The Morgan fingerprint density at radius 1 is 1.19 bits per heavy atom. The molecule has 0 fully saturated rings. The van der Waals surface area contributed by atoms with Crippen LogP contribution >= 0.6 is 0 Å². The lowest BCUT2D eigenvalue weighted by molar-refractivity contribution is -0.137. The molecule has 0 atom stereocenters. The van der Waals surface area contributed by atoms with E-state index in [-0.39, 0.29) is 18.9 Å². The molecule has 1 aliphatic rings. The summed E-state index contributed by atoms with van der Waals surface area (Å²) >= 11 is 0. The number of H-pyrrole nitrogens is 1. The summed E-state index contributed by atoms with van der Waals surface area (Å²) in [5, 5.41) is 13.4. The van der Waals surface area contributed by atoms with Crippen LogP contribution in [0.5, 0.6) is 0 Å². The van der Waals surface area contributed by atoms with Crippen molar-refractivity contribution in [1.82, 2.24) is 25.6 Å². The molecule has 132 valence electrons. The van der Waals surface area contributed by atoms with Crippen molar-refractivity contribution in [3.8, 4) is 11.1 Å². The van der Waals surface area contributed by atoms with Gasteiger partial charge < -0.3 is 4.90 Å². The van der Waals surface area contributed by atoms with Crippen molar-refractivity contribution in [2.45, 2.75) is 19.1 Å². The first-order valence-electron chi connectivity index (χ1n) is 7.61. The molecule has 0 saturated heterocycles. The molecular weight excluding hydrogens is 349 g/mol. The van der Waals surface area contributed by atoms with E-state index in [0.29, 0.717) is 28.3 Å². The van der Waals surface area contributed by atoms with E-state index in [9.17, 15) is 18.0 Å². The van der Waals surface area contributed by atoms with E-state index in [1.807, 2.05) is 0 Å². The maximum absolute atomic E-state index is 12.9. The van der Waals surface area contributed by atoms with Gasteiger partial charge in [-0.05, 0) is 23.8 Å². The van der Waals surface area contributed by atoms with Crippen LogP contribution in [0.3, 0.4) is 0 Å². The van der Waals surface area contributed by atoms with Gasteiger partial charge in [0.05, 0.1) is 29.9 Å². The molecule has 0 unspecified atom stereocenters. The van der Waals surface area contributed by atoms with Gasteiger partial charge in [-0.25, -0.2) is 0 Å². The number of tetrazole rings is 1. The third-order valence-corrected chi connectivity index (χ3v) is 4.07. The Hall–Kier alpha value is -3.30. The number of carbonyl (C=O) groups excluding carboxylic acids is 1. The fraction of sp³-hybridized carbons (Fsp3) is 0.188. The molecule has 0 aliphatic carbocycles. The van der Waals surface area contributed by atoms with Crippen LogP contribution in [0.2, 0.25) is 0 Å². The van der Waals surface area contributed by atoms with Gasteiger partial charge in [-0.2, -0.15) is 18.4 Å². The zero-order chi connectivity index (χ0) is 18.3. The van der Waals surface area contributed by atoms with E-state index in [2.05, 4.69) is 25.6 Å². The highest BCUT2D eigenvalue weighted by Gasteiger charge is 2.32. The summed E-state index contributed by atoms with van der Waals surface area (Å²) in [5.74, 6) is 0.147. The van der Waals surface area contributed by atoms with E-state index in [1.165, 1.54) is 17.2 Å². The predicted molar refractivity (Wildman–Crippen MR) is 83.7 cm³/mol. The number of nitrogens with zero attached hydrogens (tertiary/aromatic N) is 5. The molecule has 1 aliphatic heterocycles. The number of halogens is 3. The van der Waals surface area contributed by atoms with Gasteiger partial charge in [0.25, 0.3) is 0 Å². The molecule has 0 spiro atoms. The third-order valence-electron chi connectivity index (χ3n) is 4.07. The first-order chi connectivity index (χ1) is 12.4. The van der Waals surface area contributed by atoms with Crippen molar-refractivity contribution in [2.24, 2.45) is 0 Å². The Labute approximate surface area is 144 Å². The van der Waals surface area contributed by atoms with Gasteiger partial charge >= 0.3 is 6.18 Å². The lowest BCUT2D eigenvalue weighted by Crippen LogP contribution is -2.26. The molecule has 1 aromatic carbocycles. The molecule has 4 rings (SSSR count). The van der Waals surface area contributed by atoms with Gasteiger partial charge in [0.1, 0.15) is 0 Å². The smallest absolute Gasteiger partial charge is 0.302 e. The fourth-order valence-corrected chi connectivity index (χ4v) is 2.82. The number of alkyl halides is 3. The predicted octanol–water partition coefficient (Wildman–Crippen LogP) is 2.37. The largest absolute Gasteiger partial charge is 0.416 e. The molecule has 26 heavy (non-hydrogen) atoms. The number of rotatable bonds is 3. The van der Waals surface area contributed by atoms with Crippen LogP contribution in [0.25, 0.3) is 11.1 Å². The third kappa shape index (κ3) is 2.89. The van der Waals surface area contributed by atoms with E-state index >= 15 is 0 Å². The van der Waals surface area contributed by atoms with Crippen LogP contribution in [0.4, 0.5) is 18.9 Å². The lowest BCUT2D eigenvalue weighted by atomic mass is 10.0. The summed E-state index contributed by atoms with van der Waals surface area (Å²) in [6.45, 7) is 0.107. The second kappa shape index (κ2) is 5.90. The van der Waals surface area contributed by atoms with Crippen molar-refractivity contribution in [3.05, 3.63) is 53.6 Å². The molecule has 2 aromatic heterocycles. The van der Waals surface area contributed by atoms with Crippen LogP contribution in [-0.2, 0) is 23.9 Å². The highest BCUT2D eigenvalue weighted by Crippen LogP contribution is 2.35. The summed E-state index contributed by atoms with van der Waals surface area (Å²) < 4.78 is 38.8. The van der Waals surface area contributed by atoms with Gasteiger partial charge in [0.2, 0.25) is 5.91 Å². The molecule has 10 heteroatoms. The number of aromatic nitrogens is 5. The number of anilines is 1. The minimum Gasteiger partial charge on any atom is -0.302 e. The quantitative estimate of drug-likeness (QED) is 0.775. The number of hydrogen-bond acceptors (Lipinski definition) is 5. The van der Waals surface area contributed by atoms with Crippen molar-refractivity contribution in [2.75, 3.05) is 4.90 Å². The van der Waals surface area contributed by atoms with Gasteiger partial charge in [-0.15, -0.1) is 10.2 Å². The van der Waals surface area contributed by atoms with Gasteiger partial charge in [0, 0.05) is 11.8 Å². The molecule has 1 N–H and O–H groups in total. The molecular formula is C16H11F3N6O. The van der Waals surface area contributed by atoms with Crippen LogP contribution < -0.4 is 4.90 Å². The van der Waals surface area contributed by atoms with Crippen molar-refractivity contribution >= 4 is 11.6 Å². The van der Waals surface area contributed by atoms with Crippen LogP contribution in [0, 0.1) is 0 Å². The number of benzene rings is 1. The average molecular weight is 360 g/mol. The normalized spacial score (nSPS) is 14.0. The van der Waals surface area contributed by atoms with Crippen LogP contribution in [0.1, 0.15) is 17.1 Å². The second-order valence-electron chi connectivity index (χ2n) is 5.75. The Morgan fingerprint density at radius 3 is 2.77 bits per heavy atom. The number of fused-ring (bicyclic) bond motifs is 1. The number of amides is 1. The summed E-state index contributed by atoms with van der Waals surface area (Å²) in [6, 6.07) is 6.63. The number of nitrogens with one attached hydrogen (secondary N) is 1.